The van der Waals surface area contributed by atoms with Crippen LogP contribution < -0.4 is 10.5 Å². The number of nitrogens with two attached hydrogens (primary N) is 1. The number of rotatable bonds is 3. The van der Waals surface area contributed by atoms with Crippen molar-refractivity contribution < 1.29 is 4.74 Å². The van der Waals surface area contributed by atoms with Crippen LogP contribution >= 0.6 is 0 Å². The summed E-state index contributed by atoms with van der Waals surface area (Å²) >= 11 is 0. The second-order valence-corrected chi connectivity index (χ2v) is 1.75. The Morgan fingerprint density at radius 3 is 3.20 bits per heavy atom. The average Bonchev–Trinajstić information content (AvgIpc) is 2.31. The van der Waals surface area contributed by atoms with Crippen LogP contribution in [-0.2, 0) is 0 Å². The van der Waals surface area contributed by atoms with Crippen molar-refractivity contribution in [3.8, 4) is 5.88 Å². The van der Waals surface area contributed by atoms with E-state index in [0.29, 0.717) is 18.2 Å². The van der Waals surface area contributed by atoms with Gasteiger partial charge < -0.3 is 10.5 Å². The van der Waals surface area contributed by atoms with E-state index in [1.807, 2.05) is 0 Å². The maximum Gasteiger partial charge on any atom is 0.256 e. The molecule has 0 fully saturated rings. The monoisotopic (exact) mass is 139 g/mol. The van der Waals surface area contributed by atoms with E-state index < -0.39 is 0 Å². The number of nitrogens with one attached hydrogen (secondary N) is 1. The van der Waals surface area contributed by atoms with Gasteiger partial charge in [0.05, 0.1) is 0 Å². The molecule has 1 aromatic rings. The number of nitrogen functional groups attached to an aromatic ring is 1. The molecule has 0 amide bonds. The smallest absolute Gasteiger partial charge is 0.256 e. The predicted octanol–water partition coefficient (Wildman–Crippen LogP) is 0.557. The standard InChI is InChI=1S/C6H9N3O/c1-2-3-10-6-5(7)4-8-9-6/h2,4H,1,3,7H2,(H,8,9). The van der Waals surface area contributed by atoms with Crippen molar-refractivity contribution in [2.75, 3.05) is 12.3 Å². The molecule has 0 aliphatic carbocycles. The summed E-state index contributed by atoms with van der Waals surface area (Å²) < 4.78 is 5.04. The second-order valence-electron chi connectivity index (χ2n) is 1.75. The minimum atomic E-state index is 0.426. The highest BCUT2D eigenvalue weighted by molar-refractivity contribution is 5.45. The third-order valence-corrected chi connectivity index (χ3v) is 0.971. The van der Waals surface area contributed by atoms with Crippen molar-refractivity contribution in [1.29, 1.82) is 0 Å². The van der Waals surface area contributed by atoms with Crippen LogP contribution in [0.15, 0.2) is 18.9 Å². The highest BCUT2D eigenvalue weighted by Crippen LogP contribution is 2.14. The van der Waals surface area contributed by atoms with E-state index in [2.05, 4.69) is 16.8 Å². The summed E-state index contributed by atoms with van der Waals surface area (Å²) in [6.45, 7) is 3.91. The molecule has 1 rings (SSSR count). The van der Waals surface area contributed by atoms with Crippen LogP contribution in [0.1, 0.15) is 0 Å². The fourth-order valence-electron chi connectivity index (χ4n) is 0.540. The third kappa shape index (κ3) is 1.28. The molecule has 0 atom stereocenters. The van der Waals surface area contributed by atoms with E-state index in [4.69, 9.17) is 10.5 Å². The first-order chi connectivity index (χ1) is 4.84. The van der Waals surface area contributed by atoms with Gasteiger partial charge in [-0.25, -0.2) is 0 Å². The molecule has 0 saturated heterocycles. The maximum absolute atomic E-state index is 5.43. The van der Waals surface area contributed by atoms with Gasteiger partial charge >= 0.3 is 0 Å². The lowest BCUT2D eigenvalue weighted by Gasteiger charge is -1.96. The van der Waals surface area contributed by atoms with E-state index in [9.17, 15) is 0 Å². The van der Waals surface area contributed by atoms with Gasteiger partial charge in [0.2, 0.25) is 0 Å². The SMILES string of the molecule is C=CCOc1n[nH]cc1N. The highest BCUT2D eigenvalue weighted by atomic mass is 16.5. The van der Waals surface area contributed by atoms with E-state index in [1.165, 1.54) is 0 Å². The topological polar surface area (TPSA) is 63.9 Å². The molecule has 0 bridgehead atoms. The maximum atomic E-state index is 5.43. The number of aromatic amines is 1. The van der Waals surface area contributed by atoms with Crippen molar-refractivity contribution in [2.45, 2.75) is 0 Å². The van der Waals surface area contributed by atoms with Crippen molar-refractivity contribution in [1.82, 2.24) is 10.2 Å². The first kappa shape index (κ1) is 6.67. The van der Waals surface area contributed by atoms with E-state index >= 15 is 0 Å². The van der Waals surface area contributed by atoms with E-state index in [-0.39, 0.29) is 0 Å². The number of hydrogen-bond donors (Lipinski definition) is 2. The first-order valence-electron chi connectivity index (χ1n) is 2.87. The van der Waals surface area contributed by atoms with Gasteiger partial charge in [-0.2, -0.15) is 0 Å². The Balaban J connectivity index is 2.56. The Bertz CT molecular complexity index is 219. The normalized spacial score (nSPS) is 9.20. The number of anilines is 1. The Morgan fingerprint density at radius 2 is 2.70 bits per heavy atom. The molecule has 10 heavy (non-hydrogen) atoms. The molecule has 54 valence electrons. The zero-order chi connectivity index (χ0) is 7.40. The molecule has 4 heteroatoms. The Hall–Kier alpha value is -1.45. The van der Waals surface area contributed by atoms with Gasteiger partial charge in [0, 0.05) is 6.20 Å². The van der Waals surface area contributed by atoms with Gasteiger partial charge in [0.1, 0.15) is 12.3 Å². The molecule has 0 saturated carbocycles. The minimum absolute atomic E-state index is 0.426. The van der Waals surface area contributed by atoms with Crippen LogP contribution in [0.3, 0.4) is 0 Å². The molecule has 0 spiro atoms. The summed E-state index contributed by atoms with van der Waals surface area (Å²) in [6, 6.07) is 0. The molecular formula is C6H9N3O. The minimum Gasteiger partial charge on any atom is -0.471 e. The van der Waals surface area contributed by atoms with Gasteiger partial charge in [0.25, 0.3) is 5.88 Å². The summed E-state index contributed by atoms with van der Waals surface area (Å²) in [5.41, 5.74) is 5.94. The highest BCUT2D eigenvalue weighted by Gasteiger charge is 1.99. The van der Waals surface area contributed by atoms with E-state index in [1.54, 1.807) is 12.3 Å². The van der Waals surface area contributed by atoms with Crippen molar-refractivity contribution in [3.63, 3.8) is 0 Å². The number of H-pyrrole nitrogens is 1. The van der Waals surface area contributed by atoms with Gasteiger partial charge in [-0.05, 0) is 0 Å². The Labute approximate surface area is 58.7 Å². The van der Waals surface area contributed by atoms with Crippen LogP contribution in [0.4, 0.5) is 5.69 Å². The lowest BCUT2D eigenvalue weighted by atomic mass is 10.6. The lowest BCUT2D eigenvalue weighted by Crippen LogP contribution is -1.95. The summed E-state index contributed by atoms with van der Waals surface area (Å²) in [6.07, 6.45) is 3.20. The quantitative estimate of drug-likeness (QED) is 0.601. The largest absolute Gasteiger partial charge is 0.471 e. The van der Waals surface area contributed by atoms with Crippen molar-refractivity contribution >= 4 is 5.69 Å². The predicted molar refractivity (Wildman–Crippen MR) is 38.7 cm³/mol. The summed E-state index contributed by atoms with van der Waals surface area (Å²) in [4.78, 5) is 0. The molecule has 1 aromatic heterocycles. The number of ether oxygens (including phenoxy) is 1. The Kier molecular flexibility index (Phi) is 1.94. The van der Waals surface area contributed by atoms with Crippen LogP contribution in [0.2, 0.25) is 0 Å². The molecule has 1 heterocycles. The van der Waals surface area contributed by atoms with E-state index in [0.717, 1.165) is 0 Å². The van der Waals surface area contributed by atoms with Crippen LogP contribution in [0.5, 0.6) is 5.88 Å². The molecule has 0 aromatic carbocycles. The van der Waals surface area contributed by atoms with Gasteiger partial charge in [-0.15, -0.1) is 5.10 Å². The average molecular weight is 139 g/mol. The van der Waals surface area contributed by atoms with Crippen molar-refractivity contribution in [3.05, 3.63) is 18.9 Å². The van der Waals surface area contributed by atoms with Gasteiger partial charge in [-0.3, -0.25) is 5.10 Å². The first-order valence-corrected chi connectivity index (χ1v) is 2.87. The number of aromatic nitrogens is 2. The third-order valence-electron chi connectivity index (χ3n) is 0.971. The Morgan fingerprint density at radius 1 is 1.90 bits per heavy atom. The lowest BCUT2D eigenvalue weighted by molar-refractivity contribution is 0.350. The zero-order valence-corrected chi connectivity index (χ0v) is 5.50. The zero-order valence-electron chi connectivity index (χ0n) is 5.50. The molecular weight excluding hydrogens is 130 g/mol. The summed E-state index contributed by atoms with van der Waals surface area (Å²) in [7, 11) is 0. The molecule has 0 radical (unpaired) electrons. The fraction of sp³-hybridized carbons (Fsp3) is 0.167. The van der Waals surface area contributed by atoms with Gasteiger partial charge in [-0.1, -0.05) is 12.7 Å². The van der Waals surface area contributed by atoms with Crippen molar-refractivity contribution in [2.24, 2.45) is 0 Å². The molecule has 0 aliphatic rings. The fourth-order valence-corrected chi connectivity index (χ4v) is 0.540. The van der Waals surface area contributed by atoms with Crippen LogP contribution in [0, 0.1) is 0 Å². The molecule has 3 N–H and O–H groups in total. The number of hydrogen-bond acceptors (Lipinski definition) is 3. The number of nitrogens with zero attached hydrogens (tertiary/aromatic N) is 1. The molecule has 0 unspecified atom stereocenters. The molecule has 0 aliphatic heterocycles. The summed E-state index contributed by atoms with van der Waals surface area (Å²) in [5.74, 6) is 0.430. The van der Waals surface area contributed by atoms with Crippen LogP contribution in [0.25, 0.3) is 0 Å². The summed E-state index contributed by atoms with van der Waals surface area (Å²) in [5, 5.41) is 6.31. The molecule has 4 nitrogen and oxygen atoms in total. The second kappa shape index (κ2) is 2.91. The van der Waals surface area contributed by atoms with Crippen LogP contribution in [-0.4, -0.2) is 16.8 Å². The van der Waals surface area contributed by atoms with Gasteiger partial charge in [0.15, 0.2) is 0 Å².